The Kier molecular flexibility index (Phi) is 3.82. The van der Waals surface area contributed by atoms with Gasteiger partial charge in [0.1, 0.15) is 0 Å². The van der Waals surface area contributed by atoms with E-state index in [1.807, 2.05) is 0 Å². The average Bonchev–Trinajstić information content (AvgIpc) is 2.65. The number of hydrogen-bond acceptors (Lipinski definition) is 3. The Morgan fingerprint density at radius 1 is 1.31 bits per heavy atom. The first-order valence-electron chi connectivity index (χ1n) is 6.38. The van der Waals surface area contributed by atoms with E-state index in [1.54, 1.807) is 6.92 Å². The zero-order valence-corrected chi connectivity index (χ0v) is 10.3. The van der Waals surface area contributed by atoms with Gasteiger partial charge in [-0.25, -0.2) is 0 Å². The van der Waals surface area contributed by atoms with Crippen LogP contribution in [-0.2, 0) is 4.79 Å². The van der Waals surface area contributed by atoms with E-state index in [0.29, 0.717) is 12.1 Å². The van der Waals surface area contributed by atoms with Gasteiger partial charge in [0.15, 0.2) is 0 Å². The van der Waals surface area contributed by atoms with Gasteiger partial charge in [-0.15, -0.1) is 0 Å². The Balaban J connectivity index is 1.78. The molecule has 2 atom stereocenters. The maximum atomic E-state index is 11.0. The van der Waals surface area contributed by atoms with Crippen LogP contribution in [0.15, 0.2) is 0 Å². The number of rotatable bonds is 2. The number of nitrogens with one attached hydrogen (secondary N) is 2. The molecule has 2 fully saturated rings. The van der Waals surface area contributed by atoms with Crippen LogP contribution in [0.2, 0.25) is 0 Å². The molecule has 0 aromatic carbocycles. The Morgan fingerprint density at radius 2 is 2.00 bits per heavy atom. The maximum absolute atomic E-state index is 11.0. The molecule has 4 nitrogen and oxygen atoms in total. The van der Waals surface area contributed by atoms with Gasteiger partial charge in [-0.3, -0.25) is 9.69 Å². The molecule has 2 N–H and O–H groups in total. The topological polar surface area (TPSA) is 44.4 Å². The molecule has 2 unspecified atom stereocenters. The molecule has 4 heteroatoms. The molecule has 2 rings (SSSR count). The maximum Gasteiger partial charge on any atom is 0.217 e. The molecule has 0 aromatic rings. The van der Waals surface area contributed by atoms with Gasteiger partial charge in [0.2, 0.25) is 5.91 Å². The summed E-state index contributed by atoms with van der Waals surface area (Å²) >= 11 is 0. The van der Waals surface area contributed by atoms with Crippen molar-refractivity contribution in [3.63, 3.8) is 0 Å². The summed E-state index contributed by atoms with van der Waals surface area (Å²) in [6, 6.07) is 1.11. The highest BCUT2D eigenvalue weighted by molar-refractivity contribution is 5.73. The van der Waals surface area contributed by atoms with Crippen LogP contribution in [0.25, 0.3) is 0 Å². The highest BCUT2D eigenvalue weighted by Gasteiger charge is 2.31. The molecular formula is C12H23N3O. The van der Waals surface area contributed by atoms with E-state index >= 15 is 0 Å². The fourth-order valence-corrected chi connectivity index (χ4v) is 2.95. The first kappa shape index (κ1) is 11.9. The van der Waals surface area contributed by atoms with Crippen LogP contribution in [0, 0.1) is 5.92 Å². The van der Waals surface area contributed by atoms with E-state index in [-0.39, 0.29) is 5.91 Å². The lowest BCUT2D eigenvalue weighted by Crippen LogP contribution is -2.49. The Morgan fingerprint density at radius 3 is 2.50 bits per heavy atom. The molecule has 1 amide bonds. The van der Waals surface area contributed by atoms with Crippen molar-refractivity contribution in [1.82, 2.24) is 15.5 Å². The second kappa shape index (κ2) is 5.15. The van der Waals surface area contributed by atoms with Crippen LogP contribution in [0.5, 0.6) is 0 Å². The van der Waals surface area contributed by atoms with Gasteiger partial charge in [-0.05, 0) is 25.3 Å². The van der Waals surface area contributed by atoms with Gasteiger partial charge in [0, 0.05) is 38.6 Å². The molecule has 0 aliphatic carbocycles. The van der Waals surface area contributed by atoms with Crippen LogP contribution >= 0.6 is 0 Å². The average molecular weight is 225 g/mol. The van der Waals surface area contributed by atoms with Crippen LogP contribution in [0.1, 0.15) is 26.7 Å². The van der Waals surface area contributed by atoms with Gasteiger partial charge in [0.05, 0.1) is 0 Å². The van der Waals surface area contributed by atoms with E-state index < -0.39 is 0 Å². The molecule has 2 heterocycles. The van der Waals surface area contributed by atoms with Gasteiger partial charge in [-0.1, -0.05) is 6.92 Å². The normalized spacial score (nSPS) is 32.9. The minimum Gasteiger partial charge on any atom is -0.354 e. The highest BCUT2D eigenvalue weighted by Crippen LogP contribution is 2.20. The number of nitrogens with zero attached hydrogens (tertiary/aromatic N) is 1. The number of likely N-dealkylation sites (tertiary alicyclic amines) is 1. The zero-order valence-electron chi connectivity index (χ0n) is 10.3. The van der Waals surface area contributed by atoms with Crippen molar-refractivity contribution in [1.29, 1.82) is 0 Å². The van der Waals surface area contributed by atoms with Crippen molar-refractivity contribution in [3.05, 3.63) is 0 Å². The van der Waals surface area contributed by atoms with E-state index in [1.165, 1.54) is 0 Å². The summed E-state index contributed by atoms with van der Waals surface area (Å²) in [5, 5.41) is 6.47. The minimum absolute atomic E-state index is 0.106. The van der Waals surface area contributed by atoms with E-state index in [9.17, 15) is 4.79 Å². The molecule has 2 aliphatic rings. The number of hydrogen-bond donors (Lipinski definition) is 2. The second-order valence-electron chi connectivity index (χ2n) is 5.21. The molecule has 0 bridgehead atoms. The Hall–Kier alpha value is -0.610. The monoisotopic (exact) mass is 225 g/mol. The van der Waals surface area contributed by atoms with Gasteiger partial charge >= 0.3 is 0 Å². The number of amides is 1. The second-order valence-corrected chi connectivity index (χ2v) is 5.21. The molecule has 0 radical (unpaired) electrons. The van der Waals surface area contributed by atoms with Crippen LogP contribution in [0.4, 0.5) is 0 Å². The summed E-state index contributed by atoms with van der Waals surface area (Å²) in [5.74, 6) is 0.867. The van der Waals surface area contributed by atoms with Crippen molar-refractivity contribution in [2.75, 3.05) is 26.2 Å². The van der Waals surface area contributed by atoms with Crippen molar-refractivity contribution in [2.45, 2.75) is 38.8 Å². The van der Waals surface area contributed by atoms with Crippen molar-refractivity contribution >= 4 is 5.91 Å². The third kappa shape index (κ3) is 2.74. The van der Waals surface area contributed by atoms with Crippen molar-refractivity contribution in [2.24, 2.45) is 5.92 Å². The van der Waals surface area contributed by atoms with Gasteiger partial charge < -0.3 is 10.6 Å². The number of piperidine rings is 1. The van der Waals surface area contributed by atoms with Crippen LogP contribution in [0.3, 0.4) is 0 Å². The van der Waals surface area contributed by atoms with Gasteiger partial charge in [-0.2, -0.15) is 0 Å². The van der Waals surface area contributed by atoms with Crippen LogP contribution < -0.4 is 10.6 Å². The summed E-state index contributed by atoms with van der Waals surface area (Å²) in [6.45, 7) is 8.46. The summed E-state index contributed by atoms with van der Waals surface area (Å²) in [7, 11) is 0. The lowest BCUT2D eigenvalue weighted by Gasteiger charge is -2.37. The van der Waals surface area contributed by atoms with Crippen molar-refractivity contribution < 1.29 is 4.79 Å². The first-order chi connectivity index (χ1) is 7.66. The van der Waals surface area contributed by atoms with E-state index in [2.05, 4.69) is 22.5 Å². The van der Waals surface area contributed by atoms with Gasteiger partial charge in [0.25, 0.3) is 0 Å². The largest absolute Gasteiger partial charge is 0.354 e. The first-order valence-corrected chi connectivity index (χ1v) is 6.38. The molecule has 16 heavy (non-hydrogen) atoms. The lowest BCUT2D eigenvalue weighted by molar-refractivity contribution is -0.120. The predicted octanol–water partition coefficient (Wildman–Crippen LogP) is 0.195. The number of carbonyl (C=O) groups excluding carboxylic acids is 1. The van der Waals surface area contributed by atoms with E-state index in [4.69, 9.17) is 0 Å². The van der Waals surface area contributed by atoms with Crippen molar-refractivity contribution in [3.8, 4) is 0 Å². The molecular weight excluding hydrogens is 202 g/mol. The molecule has 0 saturated carbocycles. The SMILES string of the molecule is CC(=O)NC1CCN(C2CNCC2C)CC1. The summed E-state index contributed by atoms with van der Waals surface area (Å²) in [5.41, 5.74) is 0. The third-order valence-corrected chi connectivity index (χ3v) is 3.88. The minimum atomic E-state index is 0.106. The predicted molar refractivity (Wildman–Crippen MR) is 64.2 cm³/mol. The summed E-state index contributed by atoms with van der Waals surface area (Å²) in [6.07, 6.45) is 2.20. The molecule has 0 spiro atoms. The summed E-state index contributed by atoms with van der Waals surface area (Å²) < 4.78 is 0. The van der Waals surface area contributed by atoms with E-state index in [0.717, 1.165) is 44.9 Å². The Bertz CT molecular complexity index is 249. The number of carbonyl (C=O) groups is 1. The fourth-order valence-electron chi connectivity index (χ4n) is 2.95. The molecule has 2 saturated heterocycles. The zero-order chi connectivity index (χ0) is 11.5. The lowest BCUT2D eigenvalue weighted by atomic mass is 9.98. The molecule has 2 aliphatic heterocycles. The molecule has 0 aromatic heterocycles. The Labute approximate surface area is 97.8 Å². The third-order valence-electron chi connectivity index (χ3n) is 3.88. The van der Waals surface area contributed by atoms with Crippen LogP contribution in [-0.4, -0.2) is 49.1 Å². The fraction of sp³-hybridized carbons (Fsp3) is 0.917. The smallest absolute Gasteiger partial charge is 0.217 e. The highest BCUT2D eigenvalue weighted by atomic mass is 16.1. The molecule has 92 valence electrons. The summed E-state index contributed by atoms with van der Waals surface area (Å²) in [4.78, 5) is 13.6. The standard InChI is InChI=1S/C12H23N3O/c1-9-7-13-8-12(9)15-5-3-11(4-6-15)14-10(2)16/h9,11-13H,3-8H2,1-2H3,(H,14,16). The quantitative estimate of drug-likeness (QED) is 0.705.